The van der Waals surface area contributed by atoms with E-state index >= 15 is 0 Å². The summed E-state index contributed by atoms with van der Waals surface area (Å²) >= 11 is 0. The summed E-state index contributed by atoms with van der Waals surface area (Å²) in [6.07, 6.45) is 3.41. The van der Waals surface area contributed by atoms with Crippen LogP contribution < -0.4 is 5.32 Å². The van der Waals surface area contributed by atoms with Crippen LogP contribution in [0.5, 0.6) is 0 Å². The standard InChI is InChI=1S/C12H17N3O3S/c1-13-12-5-4-11(6-14-12)19(16,17)15-7-9-2-3-10(8-15)18-9/h4-6,9-10H,2-3,7-8H2,1H3,(H,13,14). The molecule has 2 aliphatic heterocycles. The molecule has 0 aliphatic carbocycles. The third-order valence-corrected chi connectivity index (χ3v) is 5.46. The summed E-state index contributed by atoms with van der Waals surface area (Å²) in [7, 11) is -1.70. The number of rotatable bonds is 3. The minimum absolute atomic E-state index is 0.0538. The largest absolute Gasteiger partial charge is 0.373 e. The van der Waals surface area contributed by atoms with Crippen LogP contribution in [0.2, 0.25) is 0 Å². The summed E-state index contributed by atoms with van der Waals surface area (Å²) in [6.45, 7) is 0.902. The number of pyridine rings is 1. The van der Waals surface area contributed by atoms with Gasteiger partial charge in [0.15, 0.2) is 0 Å². The predicted octanol–water partition coefficient (Wildman–Crippen LogP) is 0.675. The normalized spacial score (nSPS) is 27.4. The Labute approximate surface area is 112 Å². The third kappa shape index (κ3) is 2.33. The van der Waals surface area contributed by atoms with Crippen molar-refractivity contribution < 1.29 is 13.2 Å². The first-order valence-electron chi connectivity index (χ1n) is 6.39. The zero-order chi connectivity index (χ0) is 13.5. The molecule has 0 radical (unpaired) electrons. The van der Waals surface area contributed by atoms with E-state index in [9.17, 15) is 8.42 Å². The lowest BCUT2D eigenvalue weighted by molar-refractivity contribution is -0.0114. The number of hydrogen-bond donors (Lipinski definition) is 1. The molecule has 2 fully saturated rings. The Kier molecular flexibility index (Phi) is 3.20. The smallest absolute Gasteiger partial charge is 0.244 e. The van der Waals surface area contributed by atoms with Crippen LogP contribution in [-0.4, -0.2) is 50.1 Å². The van der Waals surface area contributed by atoms with Crippen LogP contribution in [0.3, 0.4) is 0 Å². The van der Waals surface area contributed by atoms with Gasteiger partial charge in [-0.1, -0.05) is 0 Å². The molecule has 3 rings (SSSR count). The molecule has 7 heteroatoms. The highest BCUT2D eigenvalue weighted by Gasteiger charge is 2.39. The molecule has 0 saturated carbocycles. The molecule has 6 nitrogen and oxygen atoms in total. The maximum atomic E-state index is 12.5. The van der Waals surface area contributed by atoms with Gasteiger partial charge in [-0.15, -0.1) is 0 Å². The Morgan fingerprint density at radius 3 is 2.53 bits per heavy atom. The molecule has 104 valence electrons. The molecule has 0 spiro atoms. The predicted molar refractivity (Wildman–Crippen MR) is 70.4 cm³/mol. The minimum Gasteiger partial charge on any atom is -0.373 e. The molecule has 1 N–H and O–H groups in total. The van der Waals surface area contributed by atoms with Crippen LogP contribution in [-0.2, 0) is 14.8 Å². The molecular weight excluding hydrogens is 266 g/mol. The molecule has 2 bridgehead atoms. The Morgan fingerprint density at radius 2 is 2.00 bits per heavy atom. The van der Waals surface area contributed by atoms with Crippen molar-refractivity contribution in [2.75, 3.05) is 25.5 Å². The highest BCUT2D eigenvalue weighted by atomic mass is 32.2. The molecule has 2 aliphatic rings. The second-order valence-corrected chi connectivity index (χ2v) is 6.85. The fourth-order valence-electron chi connectivity index (χ4n) is 2.60. The molecule has 2 atom stereocenters. The van der Waals surface area contributed by atoms with E-state index in [0.29, 0.717) is 18.9 Å². The van der Waals surface area contributed by atoms with Gasteiger partial charge >= 0.3 is 0 Å². The summed E-state index contributed by atoms with van der Waals surface area (Å²) < 4.78 is 32.2. The number of nitrogens with zero attached hydrogens (tertiary/aromatic N) is 2. The zero-order valence-corrected chi connectivity index (χ0v) is 11.6. The van der Waals surface area contributed by atoms with E-state index in [1.165, 1.54) is 10.5 Å². The molecule has 0 aromatic carbocycles. The second kappa shape index (κ2) is 4.73. The number of hydrogen-bond acceptors (Lipinski definition) is 5. The summed E-state index contributed by atoms with van der Waals surface area (Å²) in [4.78, 5) is 4.31. The van der Waals surface area contributed by atoms with Gasteiger partial charge in [-0.3, -0.25) is 0 Å². The van der Waals surface area contributed by atoms with Gasteiger partial charge in [-0.05, 0) is 25.0 Å². The van der Waals surface area contributed by atoms with Gasteiger partial charge < -0.3 is 10.1 Å². The van der Waals surface area contributed by atoms with Gasteiger partial charge in [0.05, 0.1) is 12.2 Å². The highest BCUT2D eigenvalue weighted by molar-refractivity contribution is 7.89. The van der Waals surface area contributed by atoms with Crippen LogP contribution >= 0.6 is 0 Å². The van der Waals surface area contributed by atoms with Crippen LogP contribution in [0, 0.1) is 0 Å². The first kappa shape index (κ1) is 12.8. The van der Waals surface area contributed by atoms with Crippen LogP contribution in [0.25, 0.3) is 0 Å². The van der Waals surface area contributed by atoms with Gasteiger partial charge in [-0.25, -0.2) is 13.4 Å². The maximum absolute atomic E-state index is 12.5. The number of nitrogens with one attached hydrogen (secondary N) is 1. The first-order chi connectivity index (χ1) is 9.09. The average Bonchev–Trinajstić information content (AvgIpc) is 2.77. The topological polar surface area (TPSA) is 71.5 Å². The van der Waals surface area contributed by atoms with E-state index in [-0.39, 0.29) is 17.1 Å². The summed E-state index contributed by atoms with van der Waals surface area (Å²) in [5.74, 6) is 0.654. The molecule has 0 amide bonds. The fourth-order valence-corrected chi connectivity index (χ4v) is 4.05. The molecule has 2 unspecified atom stereocenters. The Hall–Kier alpha value is -1.18. The number of sulfonamides is 1. The van der Waals surface area contributed by atoms with E-state index in [1.807, 2.05) is 0 Å². The van der Waals surface area contributed by atoms with Gasteiger partial charge in [0.25, 0.3) is 0 Å². The van der Waals surface area contributed by atoms with Crippen molar-refractivity contribution in [2.45, 2.75) is 29.9 Å². The van der Waals surface area contributed by atoms with E-state index < -0.39 is 10.0 Å². The van der Waals surface area contributed by atoms with Crippen molar-refractivity contribution in [1.29, 1.82) is 0 Å². The molecule has 1 aromatic rings. The number of ether oxygens (including phenoxy) is 1. The average molecular weight is 283 g/mol. The van der Waals surface area contributed by atoms with Crippen LogP contribution in [0.15, 0.2) is 23.2 Å². The SMILES string of the molecule is CNc1ccc(S(=O)(=O)N2CC3CCC(C2)O3)cn1. The first-order valence-corrected chi connectivity index (χ1v) is 7.83. The zero-order valence-electron chi connectivity index (χ0n) is 10.7. The highest BCUT2D eigenvalue weighted by Crippen LogP contribution is 2.29. The molecule has 1 aromatic heterocycles. The van der Waals surface area contributed by atoms with E-state index in [0.717, 1.165) is 12.8 Å². The minimum atomic E-state index is -3.45. The summed E-state index contributed by atoms with van der Waals surface area (Å²) in [6, 6.07) is 3.26. The van der Waals surface area contributed by atoms with Crippen LogP contribution in [0.1, 0.15) is 12.8 Å². The summed E-state index contributed by atoms with van der Waals surface area (Å²) in [5.41, 5.74) is 0. The van der Waals surface area contributed by atoms with Crippen molar-refractivity contribution in [1.82, 2.24) is 9.29 Å². The number of fused-ring (bicyclic) bond motifs is 2. The fraction of sp³-hybridized carbons (Fsp3) is 0.583. The Bertz CT molecular complexity index is 546. The van der Waals surface area contributed by atoms with E-state index in [2.05, 4.69) is 10.3 Å². The van der Waals surface area contributed by atoms with Crippen molar-refractivity contribution in [3.8, 4) is 0 Å². The summed E-state index contributed by atoms with van der Waals surface area (Å²) in [5, 5.41) is 2.87. The monoisotopic (exact) mass is 283 g/mol. The number of anilines is 1. The van der Waals surface area contributed by atoms with E-state index in [1.54, 1.807) is 19.2 Å². The quantitative estimate of drug-likeness (QED) is 0.883. The van der Waals surface area contributed by atoms with Gasteiger partial charge in [0.1, 0.15) is 10.7 Å². The lowest BCUT2D eigenvalue weighted by Gasteiger charge is -2.31. The van der Waals surface area contributed by atoms with Crippen LogP contribution in [0.4, 0.5) is 5.82 Å². The second-order valence-electron chi connectivity index (χ2n) is 4.91. The van der Waals surface area contributed by atoms with Crippen molar-refractivity contribution in [3.63, 3.8) is 0 Å². The maximum Gasteiger partial charge on any atom is 0.244 e. The Morgan fingerprint density at radius 1 is 1.32 bits per heavy atom. The molecule has 3 heterocycles. The van der Waals surface area contributed by atoms with E-state index in [4.69, 9.17) is 4.74 Å². The van der Waals surface area contributed by atoms with Gasteiger partial charge in [0, 0.05) is 26.3 Å². The third-order valence-electron chi connectivity index (χ3n) is 3.64. The van der Waals surface area contributed by atoms with Crippen molar-refractivity contribution >= 4 is 15.8 Å². The van der Waals surface area contributed by atoms with Crippen molar-refractivity contribution in [2.24, 2.45) is 0 Å². The number of morpholine rings is 1. The van der Waals surface area contributed by atoms with Gasteiger partial charge in [0.2, 0.25) is 10.0 Å². The van der Waals surface area contributed by atoms with Crippen molar-refractivity contribution in [3.05, 3.63) is 18.3 Å². The molecule has 2 saturated heterocycles. The lowest BCUT2D eigenvalue weighted by atomic mass is 10.2. The Balaban J connectivity index is 1.85. The lowest BCUT2D eigenvalue weighted by Crippen LogP contribution is -2.45. The number of aromatic nitrogens is 1. The van der Waals surface area contributed by atoms with Gasteiger partial charge in [-0.2, -0.15) is 4.31 Å². The molecular formula is C12H17N3O3S. The molecule has 19 heavy (non-hydrogen) atoms.